The number of hydrogen-bond donors (Lipinski definition) is 2. The summed E-state index contributed by atoms with van der Waals surface area (Å²) in [6, 6.07) is 7.31. The number of nitrogen functional groups attached to an aromatic ring is 1. The zero-order chi connectivity index (χ0) is 17.4. The summed E-state index contributed by atoms with van der Waals surface area (Å²) >= 11 is 0. The normalized spacial score (nSPS) is 15.5. The number of aromatic nitrogens is 4. The lowest BCUT2D eigenvalue weighted by Gasteiger charge is -2.23. The average Bonchev–Trinajstić information content (AvgIpc) is 3.07. The van der Waals surface area contributed by atoms with E-state index >= 15 is 0 Å². The van der Waals surface area contributed by atoms with Gasteiger partial charge in [0.15, 0.2) is 17.3 Å². The van der Waals surface area contributed by atoms with E-state index < -0.39 is 5.91 Å². The maximum Gasteiger partial charge on any atom is 0.248 e. The molecule has 0 saturated heterocycles. The molecule has 4 rings (SSSR count). The van der Waals surface area contributed by atoms with Crippen LogP contribution in [0.5, 0.6) is 0 Å². The van der Waals surface area contributed by atoms with Crippen molar-refractivity contribution in [2.75, 3.05) is 5.73 Å². The van der Waals surface area contributed by atoms with Gasteiger partial charge in [-0.05, 0) is 25.0 Å². The molecule has 1 fully saturated rings. The van der Waals surface area contributed by atoms with Crippen LogP contribution in [-0.2, 0) is 0 Å². The quantitative estimate of drug-likeness (QED) is 0.763. The van der Waals surface area contributed by atoms with E-state index in [1.807, 2.05) is 6.33 Å². The number of nitrogens with two attached hydrogens (primary N) is 2. The smallest absolute Gasteiger partial charge is 0.248 e. The molecule has 0 bridgehead atoms. The average molecular weight is 336 g/mol. The highest BCUT2D eigenvalue weighted by molar-refractivity contribution is 5.93. The summed E-state index contributed by atoms with van der Waals surface area (Å²) in [5.41, 5.74) is 14.1. The maximum atomic E-state index is 11.2. The van der Waals surface area contributed by atoms with Gasteiger partial charge in [0.05, 0.1) is 6.33 Å². The van der Waals surface area contributed by atoms with E-state index in [1.165, 1.54) is 19.3 Å². The number of amides is 1. The van der Waals surface area contributed by atoms with E-state index in [2.05, 4.69) is 14.5 Å². The first kappa shape index (κ1) is 15.6. The zero-order valence-electron chi connectivity index (χ0n) is 13.9. The Balaban J connectivity index is 1.78. The predicted molar refractivity (Wildman–Crippen MR) is 95.8 cm³/mol. The number of primary amides is 1. The van der Waals surface area contributed by atoms with Crippen LogP contribution < -0.4 is 11.5 Å². The van der Waals surface area contributed by atoms with Crippen LogP contribution in [0.25, 0.3) is 22.6 Å². The molecule has 7 nitrogen and oxygen atoms in total. The standard InChI is InChI=1S/C18H20N6O/c19-15-14-18(24(10-21-14)13-4-2-1-3-5-13)23-17(22-15)12-8-6-11(7-9-12)16(20)25/h6-10,13H,1-5H2,(H2,20,25)(H2,19,22,23). The van der Waals surface area contributed by atoms with Gasteiger partial charge in [0.25, 0.3) is 0 Å². The van der Waals surface area contributed by atoms with Gasteiger partial charge in [-0.2, -0.15) is 0 Å². The van der Waals surface area contributed by atoms with Crippen molar-refractivity contribution in [1.82, 2.24) is 19.5 Å². The molecule has 3 aromatic rings. The monoisotopic (exact) mass is 336 g/mol. The van der Waals surface area contributed by atoms with Gasteiger partial charge in [0, 0.05) is 17.2 Å². The van der Waals surface area contributed by atoms with Crippen molar-refractivity contribution in [3.05, 3.63) is 36.2 Å². The lowest BCUT2D eigenvalue weighted by atomic mass is 9.95. The minimum absolute atomic E-state index is 0.369. The van der Waals surface area contributed by atoms with Crippen molar-refractivity contribution < 1.29 is 4.79 Å². The first-order valence-corrected chi connectivity index (χ1v) is 8.54. The molecule has 1 amide bonds. The predicted octanol–water partition coefficient (Wildman–Crippen LogP) is 2.68. The number of rotatable bonds is 3. The molecule has 0 spiro atoms. The summed E-state index contributed by atoms with van der Waals surface area (Å²) < 4.78 is 2.13. The molecule has 0 unspecified atom stereocenters. The van der Waals surface area contributed by atoms with Crippen LogP contribution in [0.3, 0.4) is 0 Å². The number of anilines is 1. The Kier molecular flexibility index (Phi) is 3.83. The lowest BCUT2D eigenvalue weighted by molar-refractivity contribution is 0.100. The Morgan fingerprint density at radius 3 is 2.48 bits per heavy atom. The Morgan fingerprint density at radius 1 is 1.08 bits per heavy atom. The largest absolute Gasteiger partial charge is 0.382 e. The summed E-state index contributed by atoms with van der Waals surface area (Å²) in [7, 11) is 0. The van der Waals surface area contributed by atoms with Crippen molar-refractivity contribution in [3.8, 4) is 11.4 Å². The third-order valence-corrected chi connectivity index (χ3v) is 4.84. The van der Waals surface area contributed by atoms with Crippen molar-refractivity contribution in [3.63, 3.8) is 0 Å². The Labute approximate surface area is 145 Å². The summed E-state index contributed by atoms with van der Waals surface area (Å²) in [5, 5.41) is 0. The first-order valence-electron chi connectivity index (χ1n) is 8.54. The van der Waals surface area contributed by atoms with Gasteiger partial charge in [0.2, 0.25) is 5.91 Å². The number of carbonyl (C=O) groups excluding carboxylic acids is 1. The van der Waals surface area contributed by atoms with Gasteiger partial charge in [-0.3, -0.25) is 4.79 Å². The fraction of sp³-hybridized carbons (Fsp3) is 0.333. The Morgan fingerprint density at radius 2 is 1.80 bits per heavy atom. The van der Waals surface area contributed by atoms with Crippen LogP contribution >= 0.6 is 0 Å². The van der Waals surface area contributed by atoms with Crippen LogP contribution in [0.2, 0.25) is 0 Å². The molecule has 0 atom stereocenters. The second kappa shape index (κ2) is 6.16. The number of fused-ring (bicyclic) bond motifs is 1. The summed E-state index contributed by atoms with van der Waals surface area (Å²) in [6.07, 6.45) is 7.85. The minimum Gasteiger partial charge on any atom is -0.382 e. The highest BCUT2D eigenvalue weighted by Gasteiger charge is 2.20. The zero-order valence-corrected chi connectivity index (χ0v) is 13.9. The van der Waals surface area contributed by atoms with E-state index in [9.17, 15) is 4.79 Å². The lowest BCUT2D eigenvalue weighted by Crippen LogP contribution is -2.13. The second-order valence-corrected chi connectivity index (χ2v) is 6.49. The molecule has 0 radical (unpaired) electrons. The molecule has 7 heteroatoms. The molecule has 4 N–H and O–H groups in total. The van der Waals surface area contributed by atoms with E-state index in [0.717, 1.165) is 24.1 Å². The molecule has 25 heavy (non-hydrogen) atoms. The fourth-order valence-corrected chi connectivity index (χ4v) is 3.48. The van der Waals surface area contributed by atoms with Crippen molar-refractivity contribution in [2.45, 2.75) is 38.1 Å². The maximum absolute atomic E-state index is 11.2. The van der Waals surface area contributed by atoms with Gasteiger partial charge in [-0.1, -0.05) is 31.4 Å². The molecular formula is C18H20N6O. The van der Waals surface area contributed by atoms with Crippen LogP contribution in [0.1, 0.15) is 48.5 Å². The molecule has 0 aliphatic heterocycles. The second-order valence-electron chi connectivity index (χ2n) is 6.49. The number of nitrogens with zero attached hydrogens (tertiary/aromatic N) is 4. The third kappa shape index (κ3) is 2.82. The van der Waals surface area contributed by atoms with Gasteiger partial charge in [-0.15, -0.1) is 0 Å². The van der Waals surface area contributed by atoms with E-state index in [-0.39, 0.29) is 0 Å². The third-order valence-electron chi connectivity index (χ3n) is 4.84. The highest BCUT2D eigenvalue weighted by atomic mass is 16.1. The molecule has 2 aromatic heterocycles. The summed E-state index contributed by atoms with van der Waals surface area (Å²) in [6.45, 7) is 0. The topological polar surface area (TPSA) is 113 Å². The molecule has 1 aromatic carbocycles. The van der Waals surface area contributed by atoms with Gasteiger partial charge in [-0.25, -0.2) is 15.0 Å². The first-order chi connectivity index (χ1) is 12.1. The fourth-order valence-electron chi connectivity index (χ4n) is 3.48. The molecule has 128 valence electrons. The molecule has 1 aliphatic carbocycles. The molecule has 2 heterocycles. The van der Waals surface area contributed by atoms with Gasteiger partial charge < -0.3 is 16.0 Å². The Hall–Kier alpha value is -2.96. The Bertz CT molecular complexity index is 925. The summed E-state index contributed by atoms with van der Waals surface area (Å²) in [4.78, 5) is 24.7. The molecular weight excluding hydrogens is 316 g/mol. The number of hydrogen-bond acceptors (Lipinski definition) is 5. The SMILES string of the molecule is NC(=O)c1ccc(-c2nc(N)c3ncn(C4CCCCC4)c3n2)cc1. The van der Waals surface area contributed by atoms with Crippen LogP contribution in [0.4, 0.5) is 5.82 Å². The van der Waals surface area contributed by atoms with Crippen molar-refractivity contribution in [1.29, 1.82) is 0 Å². The molecule has 1 saturated carbocycles. The van der Waals surface area contributed by atoms with E-state index in [1.54, 1.807) is 24.3 Å². The van der Waals surface area contributed by atoms with Crippen LogP contribution in [0.15, 0.2) is 30.6 Å². The van der Waals surface area contributed by atoms with Crippen LogP contribution in [0, 0.1) is 0 Å². The van der Waals surface area contributed by atoms with Crippen molar-refractivity contribution >= 4 is 22.9 Å². The summed E-state index contributed by atoms with van der Waals surface area (Å²) in [5.74, 6) is 0.435. The number of carbonyl (C=O) groups is 1. The van der Waals surface area contributed by atoms with Crippen molar-refractivity contribution in [2.24, 2.45) is 5.73 Å². The molecule has 1 aliphatic rings. The highest BCUT2D eigenvalue weighted by Crippen LogP contribution is 2.31. The minimum atomic E-state index is -0.460. The number of imidazole rings is 1. The van der Waals surface area contributed by atoms with Gasteiger partial charge >= 0.3 is 0 Å². The van der Waals surface area contributed by atoms with Gasteiger partial charge in [0.1, 0.15) is 5.52 Å². The number of benzene rings is 1. The van der Waals surface area contributed by atoms with E-state index in [4.69, 9.17) is 16.5 Å². The van der Waals surface area contributed by atoms with E-state index in [0.29, 0.717) is 28.8 Å². The van der Waals surface area contributed by atoms with Crippen LogP contribution in [-0.4, -0.2) is 25.4 Å².